The summed E-state index contributed by atoms with van der Waals surface area (Å²) in [6.45, 7) is 0.590. The summed E-state index contributed by atoms with van der Waals surface area (Å²) in [5.41, 5.74) is 3.34. The molecule has 0 spiro atoms. The highest BCUT2D eigenvalue weighted by molar-refractivity contribution is 7.21. The van der Waals surface area contributed by atoms with Crippen LogP contribution in [0.3, 0.4) is 0 Å². The second kappa shape index (κ2) is 7.46. The minimum atomic E-state index is -0.104. The van der Waals surface area contributed by atoms with E-state index >= 15 is 0 Å². The van der Waals surface area contributed by atoms with Crippen LogP contribution in [0.1, 0.15) is 28.4 Å². The number of halogens is 1. The predicted molar refractivity (Wildman–Crippen MR) is 115 cm³/mol. The van der Waals surface area contributed by atoms with Crippen molar-refractivity contribution in [3.63, 3.8) is 0 Å². The minimum Gasteiger partial charge on any atom is -0.493 e. The van der Waals surface area contributed by atoms with Crippen LogP contribution in [0.5, 0.6) is 5.75 Å². The van der Waals surface area contributed by atoms with Crippen LogP contribution in [0.15, 0.2) is 60.9 Å². The Bertz CT molecular complexity index is 1220. The van der Waals surface area contributed by atoms with Crippen LogP contribution >= 0.6 is 22.9 Å². The predicted octanol–water partition coefficient (Wildman–Crippen LogP) is 5.27. The van der Waals surface area contributed by atoms with Gasteiger partial charge >= 0.3 is 0 Å². The lowest BCUT2D eigenvalue weighted by Crippen LogP contribution is -2.32. The first kappa shape index (κ1) is 18.1. The highest BCUT2D eigenvalue weighted by Crippen LogP contribution is 2.33. The number of nitrogens with zero attached hydrogens (tertiary/aromatic N) is 2. The van der Waals surface area contributed by atoms with Gasteiger partial charge in [-0.25, -0.2) is 4.98 Å². The lowest BCUT2D eigenvalue weighted by molar-refractivity contribution is 0.0925. The number of hydrogen-bond donors (Lipinski definition) is 1. The van der Waals surface area contributed by atoms with E-state index in [2.05, 4.69) is 15.3 Å². The molecule has 1 aliphatic heterocycles. The van der Waals surface area contributed by atoms with Gasteiger partial charge < -0.3 is 10.1 Å². The third kappa shape index (κ3) is 3.57. The lowest BCUT2D eigenvalue weighted by Gasteiger charge is -2.26. The van der Waals surface area contributed by atoms with Gasteiger partial charge in [-0.3, -0.25) is 9.78 Å². The van der Waals surface area contributed by atoms with Crippen molar-refractivity contribution >= 4 is 39.1 Å². The van der Waals surface area contributed by atoms with Crippen molar-refractivity contribution < 1.29 is 9.53 Å². The van der Waals surface area contributed by atoms with E-state index in [1.165, 1.54) is 11.3 Å². The molecule has 1 amide bonds. The van der Waals surface area contributed by atoms with Crippen LogP contribution in [0.25, 0.3) is 20.8 Å². The number of para-hydroxylation sites is 1. The molecule has 144 valence electrons. The molecule has 5 nitrogen and oxygen atoms in total. The summed E-state index contributed by atoms with van der Waals surface area (Å²) in [6, 6.07) is 15.2. The van der Waals surface area contributed by atoms with Crippen LogP contribution < -0.4 is 10.1 Å². The second-order valence-electron chi connectivity index (χ2n) is 6.79. The molecule has 1 atom stereocenters. The Morgan fingerprint density at radius 2 is 2.07 bits per heavy atom. The molecule has 0 saturated carbocycles. The van der Waals surface area contributed by atoms with Gasteiger partial charge in [0.1, 0.15) is 10.8 Å². The zero-order chi connectivity index (χ0) is 19.8. The first-order valence-electron chi connectivity index (χ1n) is 9.21. The molecular weight excluding hydrogens is 406 g/mol. The fraction of sp³-hybridized carbons (Fsp3) is 0.136. The molecule has 0 radical (unpaired) electrons. The van der Waals surface area contributed by atoms with Crippen LogP contribution in [0, 0.1) is 0 Å². The third-order valence-electron chi connectivity index (χ3n) is 4.87. The van der Waals surface area contributed by atoms with E-state index in [-0.39, 0.29) is 11.9 Å². The highest BCUT2D eigenvalue weighted by Gasteiger charge is 2.23. The maximum Gasteiger partial charge on any atom is 0.251 e. The number of hydrogen-bond acceptors (Lipinski definition) is 5. The topological polar surface area (TPSA) is 64.1 Å². The van der Waals surface area contributed by atoms with Gasteiger partial charge in [-0.2, -0.15) is 0 Å². The molecule has 7 heteroatoms. The SMILES string of the molecule is O=C(N[C@H]1CCOc2ccccc21)c1ccc2nc(-c3cncc(Cl)c3)sc2c1. The quantitative estimate of drug-likeness (QED) is 0.489. The van der Waals surface area contributed by atoms with E-state index < -0.39 is 0 Å². The Labute approximate surface area is 176 Å². The molecule has 29 heavy (non-hydrogen) atoms. The summed E-state index contributed by atoms with van der Waals surface area (Å²) in [6.07, 6.45) is 4.08. The van der Waals surface area contributed by atoms with Crippen LogP contribution in [0.2, 0.25) is 5.02 Å². The van der Waals surface area contributed by atoms with E-state index in [0.29, 0.717) is 17.2 Å². The minimum absolute atomic E-state index is 0.0577. The Balaban J connectivity index is 1.41. The van der Waals surface area contributed by atoms with Gasteiger partial charge in [0.25, 0.3) is 5.91 Å². The molecule has 3 heterocycles. The van der Waals surface area contributed by atoms with Crippen molar-refractivity contribution in [3.05, 3.63) is 77.1 Å². The maximum absolute atomic E-state index is 12.9. The molecule has 2 aromatic carbocycles. The lowest BCUT2D eigenvalue weighted by atomic mass is 10.00. The fourth-order valence-electron chi connectivity index (χ4n) is 3.45. The van der Waals surface area contributed by atoms with Crippen molar-refractivity contribution in [2.75, 3.05) is 6.61 Å². The van der Waals surface area contributed by atoms with Crippen LogP contribution in [0.4, 0.5) is 0 Å². The normalized spacial score (nSPS) is 15.6. The maximum atomic E-state index is 12.9. The average molecular weight is 422 g/mol. The number of carbonyl (C=O) groups excluding carboxylic acids is 1. The highest BCUT2D eigenvalue weighted by atomic mass is 35.5. The van der Waals surface area contributed by atoms with E-state index in [1.54, 1.807) is 12.4 Å². The van der Waals surface area contributed by atoms with Crippen molar-refractivity contribution in [3.8, 4) is 16.3 Å². The van der Waals surface area contributed by atoms with E-state index in [9.17, 15) is 4.79 Å². The number of nitrogens with one attached hydrogen (secondary N) is 1. The van der Waals surface area contributed by atoms with Gasteiger partial charge in [0.15, 0.2) is 0 Å². The molecule has 0 fully saturated rings. The van der Waals surface area contributed by atoms with E-state index in [1.807, 2.05) is 48.5 Å². The Morgan fingerprint density at radius 1 is 1.17 bits per heavy atom. The molecule has 2 aromatic heterocycles. The van der Waals surface area contributed by atoms with Gasteiger partial charge in [-0.1, -0.05) is 29.8 Å². The smallest absolute Gasteiger partial charge is 0.251 e. The summed E-state index contributed by atoms with van der Waals surface area (Å²) in [5, 5.41) is 4.53. The van der Waals surface area contributed by atoms with Crippen molar-refractivity contribution in [2.24, 2.45) is 0 Å². The summed E-state index contributed by atoms with van der Waals surface area (Å²) >= 11 is 7.56. The molecule has 4 aromatic rings. The van der Waals surface area contributed by atoms with Gasteiger partial charge in [-0.15, -0.1) is 11.3 Å². The monoisotopic (exact) mass is 421 g/mol. The number of ether oxygens (including phenoxy) is 1. The van der Waals surface area contributed by atoms with Crippen molar-refractivity contribution in [1.82, 2.24) is 15.3 Å². The summed E-state index contributed by atoms with van der Waals surface area (Å²) in [4.78, 5) is 21.7. The number of benzene rings is 2. The summed E-state index contributed by atoms with van der Waals surface area (Å²) < 4.78 is 6.62. The van der Waals surface area contributed by atoms with Gasteiger partial charge in [0.05, 0.1) is 27.9 Å². The number of thiazole rings is 1. The molecular formula is C22H16ClN3O2S. The second-order valence-corrected chi connectivity index (χ2v) is 8.26. The van der Waals surface area contributed by atoms with Gasteiger partial charge in [0.2, 0.25) is 0 Å². The first-order chi connectivity index (χ1) is 14.2. The number of rotatable bonds is 3. The molecule has 1 N–H and O–H groups in total. The third-order valence-corrected chi connectivity index (χ3v) is 6.14. The van der Waals surface area contributed by atoms with Crippen LogP contribution in [-0.2, 0) is 0 Å². The summed E-state index contributed by atoms with van der Waals surface area (Å²) in [5.74, 6) is 0.731. The standard InChI is InChI=1S/C22H16ClN3O2S/c23-15-9-14(11-24-12-15)22-26-18-6-5-13(10-20(18)29-22)21(27)25-17-7-8-28-19-4-2-1-3-16(17)19/h1-6,9-12,17H,7-8H2,(H,25,27)/t17-/m0/s1. The Hall–Kier alpha value is -2.96. The molecule has 0 saturated heterocycles. The summed E-state index contributed by atoms with van der Waals surface area (Å²) in [7, 11) is 0. The fourth-order valence-corrected chi connectivity index (χ4v) is 4.61. The zero-order valence-corrected chi connectivity index (χ0v) is 16.8. The first-order valence-corrected chi connectivity index (χ1v) is 10.4. The van der Waals surface area contributed by atoms with E-state index in [0.717, 1.165) is 38.5 Å². The Morgan fingerprint density at radius 3 is 2.97 bits per heavy atom. The number of amides is 1. The molecule has 0 aliphatic carbocycles. The molecule has 1 aliphatic rings. The van der Waals surface area contributed by atoms with Crippen molar-refractivity contribution in [2.45, 2.75) is 12.5 Å². The molecule has 5 rings (SSSR count). The molecule has 0 unspecified atom stereocenters. The average Bonchev–Trinajstić information content (AvgIpc) is 3.17. The van der Waals surface area contributed by atoms with E-state index in [4.69, 9.17) is 16.3 Å². The Kier molecular flexibility index (Phi) is 4.66. The number of fused-ring (bicyclic) bond motifs is 2. The zero-order valence-electron chi connectivity index (χ0n) is 15.3. The number of aromatic nitrogens is 2. The number of carbonyl (C=O) groups is 1. The molecule has 0 bridgehead atoms. The largest absolute Gasteiger partial charge is 0.493 e. The van der Waals surface area contributed by atoms with Gasteiger partial charge in [0, 0.05) is 35.5 Å². The number of pyridine rings is 1. The van der Waals surface area contributed by atoms with Gasteiger partial charge in [-0.05, 0) is 30.3 Å². The van der Waals surface area contributed by atoms with Crippen molar-refractivity contribution in [1.29, 1.82) is 0 Å². The van der Waals surface area contributed by atoms with Crippen LogP contribution in [-0.4, -0.2) is 22.5 Å².